The van der Waals surface area contributed by atoms with Crippen LogP contribution in [0.2, 0.25) is 0 Å². The number of rotatable bonds is 5. The molecule has 0 aliphatic carbocycles. The summed E-state index contributed by atoms with van der Waals surface area (Å²) in [5.74, 6) is 0.800. The molecule has 5 heteroatoms. The first-order chi connectivity index (χ1) is 10.3. The third-order valence-corrected chi connectivity index (χ3v) is 3.61. The number of methoxy groups -OCH3 is 1. The zero-order chi connectivity index (χ0) is 16.3. The minimum Gasteiger partial charge on any atom is -0.497 e. The number of carbonyl (C=O) groups is 1. The summed E-state index contributed by atoms with van der Waals surface area (Å²) in [6.07, 6.45) is -0.380. The van der Waals surface area contributed by atoms with Gasteiger partial charge in [0.1, 0.15) is 12.4 Å². The van der Waals surface area contributed by atoms with Gasteiger partial charge in [0.2, 0.25) is 0 Å². The number of cyclic esters (lactones) is 1. The Hall–Kier alpha value is -1.75. The van der Waals surface area contributed by atoms with E-state index in [-0.39, 0.29) is 23.8 Å². The molecule has 1 aromatic carbocycles. The van der Waals surface area contributed by atoms with Crippen LogP contribution in [0, 0.1) is 0 Å². The second-order valence-electron chi connectivity index (χ2n) is 6.56. The Labute approximate surface area is 132 Å². The predicted octanol–water partition coefficient (Wildman–Crippen LogP) is 3.22. The molecule has 0 N–H and O–H groups in total. The molecular formula is C17H25NO4. The van der Waals surface area contributed by atoms with Gasteiger partial charge < -0.3 is 14.2 Å². The highest BCUT2D eigenvalue weighted by Gasteiger charge is 2.38. The van der Waals surface area contributed by atoms with Gasteiger partial charge in [-0.25, -0.2) is 4.79 Å². The summed E-state index contributed by atoms with van der Waals surface area (Å²) < 4.78 is 16.3. The highest BCUT2D eigenvalue weighted by Crippen LogP contribution is 2.24. The molecule has 1 unspecified atom stereocenters. The number of hydrogen-bond acceptors (Lipinski definition) is 4. The first-order valence-corrected chi connectivity index (χ1v) is 7.54. The van der Waals surface area contributed by atoms with Gasteiger partial charge in [-0.2, -0.15) is 0 Å². The van der Waals surface area contributed by atoms with Crippen molar-refractivity contribution in [2.45, 2.75) is 52.0 Å². The van der Waals surface area contributed by atoms with Crippen molar-refractivity contribution < 1.29 is 19.0 Å². The molecule has 2 rings (SSSR count). The van der Waals surface area contributed by atoms with E-state index in [2.05, 4.69) is 0 Å². The van der Waals surface area contributed by atoms with E-state index in [0.717, 1.165) is 11.3 Å². The summed E-state index contributed by atoms with van der Waals surface area (Å²) in [7, 11) is 1.63. The van der Waals surface area contributed by atoms with Crippen LogP contribution in [0.4, 0.5) is 4.79 Å². The Balaban J connectivity index is 2.07. The fraction of sp³-hybridized carbons (Fsp3) is 0.588. The van der Waals surface area contributed by atoms with Crippen LogP contribution in [-0.4, -0.2) is 42.5 Å². The molecule has 1 aliphatic rings. The van der Waals surface area contributed by atoms with E-state index in [1.807, 2.05) is 52.0 Å². The molecule has 0 bridgehead atoms. The molecule has 1 saturated heterocycles. The van der Waals surface area contributed by atoms with Gasteiger partial charge in [-0.15, -0.1) is 0 Å². The van der Waals surface area contributed by atoms with Gasteiger partial charge >= 0.3 is 6.09 Å². The van der Waals surface area contributed by atoms with Crippen LogP contribution in [0.3, 0.4) is 0 Å². The summed E-state index contributed by atoms with van der Waals surface area (Å²) in [6.45, 7) is 8.88. The third kappa shape index (κ3) is 4.13. The normalized spacial score (nSPS) is 20.0. The number of nitrogens with zero attached hydrogens (tertiary/aromatic N) is 1. The van der Waals surface area contributed by atoms with Crippen LogP contribution >= 0.6 is 0 Å². The molecular weight excluding hydrogens is 282 g/mol. The lowest BCUT2D eigenvalue weighted by Gasteiger charge is -2.32. The lowest BCUT2D eigenvalue weighted by Crippen LogP contribution is -2.44. The number of ether oxygens (including phenoxy) is 3. The maximum atomic E-state index is 12.0. The molecule has 2 atom stereocenters. The van der Waals surface area contributed by atoms with Crippen molar-refractivity contribution in [1.29, 1.82) is 0 Å². The van der Waals surface area contributed by atoms with E-state index in [0.29, 0.717) is 13.2 Å². The van der Waals surface area contributed by atoms with E-state index >= 15 is 0 Å². The van der Waals surface area contributed by atoms with Crippen LogP contribution in [0.15, 0.2) is 24.3 Å². The summed E-state index contributed by atoms with van der Waals surface area (Å²) in [5, 5.41) is 0. The monoisotopic (exact) mass is 307 g/mol. The van der Waals surface area contributed by atoms with Gasteiger partial charge in [0.15, 0.2) is 0 Å². The topological polar surface area (TPSA) is 48.0 Å². The molecule has 22 heavy (non-hydrogen) atoms. The average Bonchev–Trinajstić information content (AvgIpc) is 2.79. The fourth-order valence-electron chi connectivity index (χ4n) is 2.60. The van der Waals surface area contributed by atoms with E-state index in [4.69, 9.17) is 14.2 Å². The molecule has 1 aromatic rings. The molecule has 0 spiro atoms. The quantitative estimate of drug-likeness (QED) is 0.838. The van der Waals surface area contributed by atoms with Crippen molar-refractivity contribution in [2.24, 2.45) is 0 Å². The molecule has 0 saturated carbocycles. The summed E-state index contributed by atoms with van der Waals surface area (Å²) in [6, 6.07) is 7.61. The third-order valence-electron chi connectivity index (χ3n) is 3.61. The van der Waals surface area contributed by atoms with Crippen molar-refractivity contribution in [3.8, 4) is 5.75 Å². The second kappa shape index (κ2) is 6.57. The Kier molecular flexibility index (Phi) is 4.96. The minimum atomic E-state index is -0.287. The van der Waals surface area contributed by atoms with Crippen molar-refractivity contribution >= 4 is 6.09 Å². The first-order valence-electron chi connectivity index (χ1n) is 7.54. The van der Waals surface area contributed by atoms with E-state index in [1.54, 1.807) is 12.0 Å². The Morgan fingerprint density at radius 3 is 2.50 bits per heavy atom. The van der Waals surface area contributed by atoms with E-state index in [9.17, 15) is 4.79 Å². The first kappa shape index (κ1) is 16.6. The molecule has 1 aliphatic heterocycles. The number of carbonyl (C=O) groups excluding carboxylic acids is 1. The molecule has 1 heterocycles. The maximum absolute atomic E-state index is 12.0. The van der Waals surface area contributed by atoms with Gasteiger partial charge in [-0.05, 0) is 45.4 Å². The zero-order valence-electron chi connectivity index (χ0n) is 14.0. The summed E-state index contributed by atoms with van der Waals surface area (Å²) >= 11 is 0. The number of hydrogen-bond donors (Lipinski definition) is 0. The van der Waals surface area contributed by atoms with Gasteiger partial charge in [-0.1, -0.05) is 12.1 Å². The summed E-state index contributed by atoms with van der Waals surface area (Å²) in [5.41, 5.74) is 0.782. The van der Waals surface area contributed by atoms with Crippen LogP contribution in [0.5, 0.6) is 5.75 Å². The van der Waals surface area contributed by atoms with Crippen LogP contribution in [-0.2, 0) is 16.0 Å². The molecule has 5 nitrogen and oxygen atoms in total. The predicted molar refractivity (Wildman–Crippen MR) is 84.0 cm³/mol. The molecule has 0 aromatic heterocycles. The van der Waals surface area contributed by atoms with Crippen LogP contribution in [0.25, 0.3) is 0 Å². The standard InChI is InChI=1S/C17H25NO4/c1-12(22-17(2,3)4)15-11-21-16(19)18(15)10-13-6-8-14(20-5)9-7-13/h6-9,12,15H,10-11H2,1-5H3/t12-,15?/m0/s1. The maximum Gasteiger partial charge on any atom is 0.410 e. The molecule has 1 amide bonds. The lowest BCUT2D eigenvalue weighted by molar-refractivity contribution is -0.0774. The fourth-order valence-corrected chi connectivity index (χ4v) is 2.60. The smallest absolute Gasteiger partial charge is 0.410 e. The Bertz CT molecular complexity index is 506. The van der Waals surface area contributed by atoms with E-state index in [1.165, 1.54) is 0 Å². The number of benzene rings is 1. The Morgan fingerprint density at radius 2 is 1.95 bits per heavy atom. The van der Waals surface area contributed by atoms with Crippen molar-refractivity contribution in [3.05, 3.63) is 29.8 Å². The zero-order valence-corrected chi connectivity index (χ0v) is 14.0. The van der Waals surface area contributed by atoms with Gasteiger partial charge in [0.05, 0.1) is 24.9 Å². The van der Waals surface area contributed by atoms with Gasteiger partial charge in [0, 0.05) is 6.54 Å². The molecule has 1 fully saturated rings. The lowest BCUT2D eigenvalue weighted by atomic mass is 10.1. The van der Waals surface area contributed by atoms with Crippen LogP contribution in [0.1, 0.15) is 33.3 Å². The van der Waals surface area contributed by atoms with Crippen molar-refractivity contribution in [1.82, 2.24) is 4.90 Å². The largest absolute Gasteiger partial charge is 0.497 e. The van der Waals surface area contributed by atoms with Gasteiger partial charge in [0.25, 0.3) is 0 Å². The number of amides is 1. The molecule has 0 radical (unpaired) electrons. The van der Waals surface area contributed by atoms with Crippen molar-refractivity contribution in [2.75, 3.05) is 13.7 Å². The summed E-state index contributed by atoms with van der Waals surface area (Å²) in [4.78, 5) is 13.7. The van der Waals surface area contributed by atoms with E-state index < -0.39 is 0 Å². The van der Waals surface area contributed by atoms with Crippen molar-refractivity contribution in [3.63, 3.8) is 0 Å². The minimum absolute atomic E-state index is 0.0752. The van der Waals surface area contributed by atoms with Gasteiger partial charge in [-0.3, -0.25) is 4.90 Å². The average molecular weight is 307 g/mol. The SMILES string of the molecule is COc1ccc(CN2C(=O)OCC2[C@H](C)OC(C)(C)C)cc1. The highest BCUT2D eigenvalue weighted by atomic mass is 16.6. The Morgan fingerprint density at radius 1 is 1.32 bits per heavy atom. The second-order valence-corrected chi connectivity index (χ2v) is 6.56. The highest BCUT2D eigenvalue weighted by molar-refractivity contribution is 5.70. The van der Waals surface area contributed by atoms with Crippen LogP contribution < -0.4 is 4.74 Å². The molecule has 122 valence electrons.